The van der Waals surface area contributed by atoms with Gasteiger partial charge in [-0.3, -0.25) is 4.79 Å². The molecule has 0 spiro atoms. The van der Waals surface area contributed by atoms with E-state index < -0.39 is 53.4 Å². The van der Waals surface area contributed by atoms with Crippen LogP contribution in [-0.4, -0.2) is 52.1 Å². The van der Waals surface area contributed by atoms with Crippen molar-refractivity contribution in [3.05, 3.63) is 65.2 Å². The number of ether oxygens (including phenoxy) is 1. The summed E-state index contributed by atoms with van der Waals surface area (Å²) in [5.41, 5.74) is -3.14. The Hall–Kier alpha value is -3.15. The molecular formula is C22H19F7N2O3. The molecule has 1 amide bonds. The molecule has 34 heavy (non-hydrogen) atoms. The number of aryl methyl sites for hydroxylation is 2. The van der Waals surface area contributed by atoms with E-state index in [1.807, 2.05) is 0 Å². The number of hydrogen-bond acceptors (Lipinski definition) is 4. The number of nitrogens with zero attached hydrogens (tertiary/aromatic N) is 2. The molecule has 5 nitrogen and oxygen atoms in total. The molecule has 1 heterocycles. The van der Waals surface area contributed by atoms with Crippen molar-refractivity contribution in [2.24, 2.45) is 5.10 Å². The molecule has 2 aromatic rings. The first-order valence-electron chi connectivity index (χ1n) is 9.82. The fourth-order valence-electron chi connectivity index (χ4n) is 3.28. The van der Waals surface area contributed by atoms with Gasteiger partial charge in [-0.2, -0.15) is 40.8 Å². The molecule has 1 atom stereocenters. The Balaban J connectivity index is 1.98. The highest BCUT2D eigenvalue weighted by Gasteiger charge is 2.82. The first-order chi connectivity index (χ1) is 15.6. The van der Waals surface area contributed by atoms with Crippen LogP contribution in [-0.2, 0) is 4.79 Å². The summed E-state index contributed by atoms with van der Waals surface area (Å²) < 4.78 is 101. The van der Waals surface area contributed by atoms with Gasteiger partial charge in [0.25, 0.3) is 5.91 Å². The minimum absolute atomic E-state index is 0.0393. The third kappa shape index (κ3) is 4.22. The number of rotatable bonds is 6. The van der Waals surface area contributed by atoms with Gasteiger partial charge in [-0.15, -0.1) is 0 Å². The van der Waals surface area contributed by atoms with Crippen LogP contribution in [0, 0.1) is 13.8 Å². The van der Waals surface area contributed by atoms with Gasteiger partial charge in [-0.25, -0.2) is 0 Å². The second-order valence-corrected chi connectivity index (χ2v) is 7.79. The molecule has 1 aliphatic heterocycles. The zero-order chi connectivity index (χ0) is 25.5. The molecule has 0 aliphatic carbocycles. The van der Waals surface area contributed by atoms with E-state index in [-0.39, 0.29) is 11.3 Å². The molecule has 3 rings (SSSR count). The molecule has 1 N–H and O–H groups in total. The summed E-state index contributed by atoms with van der Waals surface area (Å²) in [6, 6.07) is 11.6. The SMILES string of the molecule is Cc1ccc(OCC(=O)N2N=C(c3ccccc3)C[C@]2(O)C(F)(F)C(F)(F)C(F)(F)F)cc1C. The van der Waals surface area contributed by atoms with Crippen molar-refractivity contribution in [1.29, 1.82) is 0 Å². The molecule has 12 heteroatoms. The smallest absolute Gasteiger partial charge is 0.460 e. The largest absolute Gasteiger partial charge is 0.484 e. The number of amides is 1. The molecule has 0 saturated heterocycles. The van der Waals surface area contributed by atoms with E-state index in [4.69, 9.17) is 4.74 Å². The minimum Gasteiger partial charge on any atom is -0.484 e. The van der Waals surface area contributed by atoms with Crippen LogP contribution < -0.4 is 4.74 Å². The van der Waals surface area contributed by atoms with E-state index in [0.717, 1.165) is 11.1 Å². The predicted octanol–water partition coefficient (Wildman–Crippen LogP) is 4.84. The zero-order valence-electron chi connectivity index (χ0n) is 17.8. The number of hydrazone groups is 1. The van der Waals surface area contributed by atoms with Crippen LogP contribution in [0.2, 0.25) is 0 Å². The van der Waals surface area contributed by atoms with Gasteiger partial charge < -0.3 is 9.84 Å². The maximum absolute atomic E-state index is 14.7. The van der Waals surface area contributed by atoms with Gasteiger partial charge >= 0.3 is 18.0 Å². The highest BCUT2D eigenvalue weighted by Crippen LogP contribution is 2.54. The average Bonchev–Trinajstić information content (AvgIpc) is 3.13. The Morgan fingerprint density at radius 1 is 1.03 bits per heavy atom. The zero-order valence-corrected chi connectivity index (χ0v) is 17.8. The highest BCUT2D eigenvalue weighted by atomic mass is 19.4. The molecule has 184 valence electrons. The van der Waals surface area contributed by atoms with Crippen LogP contribution in [0.25, 0.3) is 0 Å². The van der Waals surface area contributed by atoms with Gasteiger partial charge in [0.05, 0.1) is 5.71 Å². The normalized spacial score (nSPS) is 19.2. The Kier molecular flexibility index (Phi) is 6.42. The van der Waals surface area contributed by atoms with Crippen LogP contribution in [0.15, 0.2) is 53.6 Å². The summed E-state index contributed by atoms with van der Waals surface area (Å²) in [4.78, 5) is 12.7. The monoisotopic (exact) mass is 492 g/mol. The number of alkyl halides is 7. The number of carbonyl (C=O) groups is 1. The van der Waals surface area contributed by atoms with Crippen LogP contribution in [0.5, 0.6) is 5.75 Å². The van der Waals surface area contributed by atoms with Crippen molar-refractivity contribution in [3.8, 4) is 5.75 Å². The van der Waals surface area contributed by atoms with E-state index >= 15 is 0 Å². The Labute approximate surface area is 189 Å². The Morgan fingerprint density at radius 2 is 1.65 bits per heavy atom. The minimum atomic E-state index is -6.72. The Morgan fingerprint density at radius 3 is 2.21 bits per heavy atom. The van der Waals surface area contributed by atoms with Gasteiger partial charge in [0.2, 0.25) is 5.72 Å². The van der Waals surface area contributed by atoms with E-state index in [2.05, 4.69) is 5.10 Å². The molecular weight excluding hydrogens is 473 g/mol. The number of carbonyl (C=O) groups excluding carboxylic acids is 1. The quantitative estimate of drug-likeness (QED) is 0.588. The van der Waals surface area contributed by atoms with Crippen molar-refractivity contribution in [3.63, 3.8) is 0 Å². The summed E-state index contributed by atoms with van der Waals surface area (Å²) in [6.07, 6.45) is -8.20. The topological polar surface area (TPSA) is 62.1 Å². The van der Waals surface area contributed by atoms with Crippen molar-refractivity contribution in [2.75, 3.05) is 6.61 Å². The predicted molar refractivity (Wildman–Crippen MR) is 107 cm³/mol. The van der Waals surface area contributed by atoms with Crippen LogP contribution in [0.1, 0.15) is 23.1 Å². The first kappa shape index (κ1) is 25.5. The van der Waals surface area contributed by atoms with Crippen LogP contribution in [0.3, 0.4) is 0 Å². The van der Waals surface area contributed by atoms with Crippen molar-refractivity contribution in [2.45, 2.75) is 44.0 Å². The molecule has 0 radical (unpaired) electrons. The molecule has 0 fully saturated rings. The molecule has 0 bridgehead atoms. The lowest BCUT2D eigenvalue weighted by molar-refractivity contribution is -0.401. The van der Waals surface area contributed by atoms with Crippen molar-refractivity contribution in [1.82, 2.24) is 5.01 Å². The maximum atomic E-state index is 14.7. The lowest BCUT2D eigenvalue weighted by Crippen LogP contribution is -2.69. The number of halogens is 7. The lowest BCUT2D eigenvalue weighted by atomic mass is 9.91. The number of hydrogen-bond donors (Lipinski definition) is 1. The molecule has 0 aromatic heterocycles. The fourth-order valence-corrected chi connectivity index (χ4v) is 3.28. The Bertz CT molecular complexity index is 1100. The van der Waals surface area contributed by atoms with Gasteiger partial charge in [-0.05, 0) is 42.7 Å². The summed E-state index contributed by atoms with van der Waals surface area (Å²) in [5.74, 6) is -14.3. The van der Waals surface area contributed by atoms with Gasteiger partial charge in [0.1, 0.15) is 5.75 Å². The summed E-state index contributed by atoms with van der Waals surface area (Å²) >= 11 is 0. The molecule has 0 saturated carbocycles. The second kappa shape index (κ2) is 8.57. The summed E-state index contributed by atoms with van der Waals surface area (Å²) in [7, 11) is 0. The second-order valence-electron chi connectivity index (χ2n) is 7.79. The number of benzene rings is 2. The lowest BCUT2D eigenvalue weighted by Gasteiger charge is -2.41. The third-order valence-electron chi connectivity index (χ3n) is 5.42. The van der Waals surface area contributed by atoms with Gasteiger partial charge in [-0.1, -0.05) is 36.4 Å². The average molecular weight is 492 g/mol. The number of aliphatic hydroxyl groups is 1. The first-order valence-corrected chi connectivity index (χ1v) is 9.82. The van der Waals surface area contributed by atoms with Crippen molar-refractivity contribution >= 4 is 11.6 Å². The van der Waals surface area contributed by atoms with Gasteiger partial charge in [0, 0.05) is 6.42 Å². The third-order valence-corrected chi connectivity index (χ3v) is 5.42. The van der Waals surface area contributed by atoms with Gasteiger partial charge in [0.15, 0.2) is 6.61 Å². The summed E-state index contributed by atoms with van der Waals surface area (Å²) in [5, 5.41) is 13.6. The van der Waals surface area contributed by atoms with E-state index in [9.17, 15) is 40.6 Å². The molecule has 2 aromatic carbocycles. The van der Waals surface area contributed by atoms with E-state index in [1.54, 1.807) is 19.9 Å². The van der Waals surface area contributed by atoms with Crippen LogP contribution >= 0.6 is 0 Å². The summed E-state index contributed by atoms with van der Waals surface area (Å²) in [6.45, 7) is 2.45. The standard InChI is InChI=1S/C22H19F7N2O3/c1-13-8-9-16(10-14(13)2)34-12-18(32)31-19(33,20(23,24)21(25,26)22(27,28)29)11-17(30-31)15-6-4-3-5-7-15/h3-10,33H,11-12H2,1-2H3/t19-/m0/s1. The fraction of sp³-hybridized carbons (Fsp3) is 0.364. The molecule has 1 aliphatic rings. The van der Waals surface area contributed by atoms with Crippen LogP contribution in [0.4, 0.5) is 30.7 Å². The maximum Gasteiger partial charge on any atom is 0.460 e. The van der Waals surface area contributed by atoms with E-state index in [0.29, 0.717) is 0 Å². The molecule has 0 unspecified atom stereocenters. The van der Waals surface area contributed by atoms with Crippen molar-refractivity contribution < 1.29 is 45.4 Å². The van der Waals surface area contributed by atoms with E-state index in [1.165, 1.54) is 42.5 Å². The highest BCUT2D eigenvalue weighted by molar-refractivity contribution is 6.03.